The second kappa shape index (κ2) is 6.70. The summed E-state index contributed by atoms with van der Waals surface area (Å²) in [6.45, 7) is 1.71. The third kappa shape index (κ3) is 4.03. The molecule has 0 radical (unpaired) electrons. The summed E-state index contributed by atoms with van der Waals surface area (Å²) in [6, 6.07) is 10.4. The van der Waals surface area contributed by atoms with Gasteiger partial charge in [0.25, 0.3) is 5.91 Å². The van der Waals surface area contributed by atoms with E-state index in [9.17, 15) is 9.18 Å². The van der Waals surface area contributed by atoms with Crippen molar-refractivity contribution in [3.63, 3.8) is 0 Å². The zero-order chi connectivity index (χ0) is 15.4. The number of rotatable bonds is 3. The van der Waals surface area contributed by atoms with Crippen LogP contribution in [0.4, 0.5) is 4.39 Å². The maximum atomic E-state index is 12.8. The monoisotopic (exact) mass is 324 g/mol. The second-order valence-corrected chi connectivity index (χ2v) is 5.11. The van der Waals surface area contributed by atoms with Crippen LogP contribution in [0.2, 0.25) is 10.0 Å². The molecule has 1 N–H and O–H groups in total. The van der Waals surface area contributed by atoms with Crippen LogP contribution in [0.5, 0.6) is 0 Å². The standard InChI is InChI=1S/C15H11Cl2FN2O/c1-9(10-2-5-12(18)6-3-10)19-20-15(21)13-7-4-11(16)8-14(13)17/h2-8H,1H3,(H,20,21)/b19-9-. The number of carbonyl (C=O) groups excluding carboxylic acids is 1. The van der Waals surface area contributed by atoms with Gasteiger partial charge in [-0.3, -0.25) is 4.79 Å². The van der Waals surface area contributed by atoms with Gasteiger partial charge >= 0.3 is 0 Å². The first-order valence-corrected chi connectivity index (χ1v) is 6.78. The first-order valence-electron chi connectivity index (χ1n) is 6.03. The van der Waals surface area contributed by atoms with E-state index in [1.807, 2.05) is 0 Å². The molecule has 0 aliphatic rings. The summed E-state index contributed by atoms with van der Waals surface area (Å²) >= 11 is 11.7. The Morgan fingerprint density at radius 2 is 1.81 bits per heavy atom. The third-order valence-electron chi connectivity index (χ3n) is 2.76. The minimum atomic E-state index is -0.446. The molecule has 2 rings (SSSR count). The van der Waals surface area contributed by atoms with E-state index in [0.717, 1.165) is 0 Å². The van der Waals surface area contributed by atoms with Crippen molar-refractivity contribution in [2.75, 3.05) is 0 Å². The summed E-state index contributed by atoms with van der Waals surface area (Å²) < 4.78 is 12.8. The molecule has 0 spiro atoms. The number of benzene rings is 2. The molecular formula is C15H11Cl2FN2O. The number of hydrazone groups is 1. The topological polar surface area (TPSA) is 41.5 Å². The number of nitrogens with zero attached hydrogens (tertiary/aromatic N) is 1. The van der Waals surface area contributed by atoms with E-state index in [4.69, 9.17) is 23.2 Å². The Hall–Kier alpha value is -1.91. The van der Waals surface area contributed by atoms with Crippen LogP contribution in [0.15, 0.2) is 47.6 Å². The summed E-state index contributed by atoms with van der Waals surface area (Å²) in [5, 5.41) is 4.66. The molecule has 0 saturated carbocycles. The zero-order valence-electron chi connectivity index (χ0n) is 11.0. The van der Waals surface area contributed by atoms with E-state index in [1.54, 1.807) is 25.1 Å². The Morgan fingerprint density at radius 3 is 2.43 bits per heavy atom. The molecular weight excluding hydrogens is 314 g/mol. The van der Waals surface area contributed by atoms with Crippen LogP contribution in [0.1, 0.15) is 22.8 Å². The van der Waals surface area contributed by atoms with E-state index in [2.05, 4.69) is 10.5 Å². The normalized spacial score (nSPS) is 11.3. The molecule has 21 heavy (non-hydrogen) atoms. The molecule has 2 aromatic rings. The highest BCUT2D eigenvalue weighted by Crippen LogP contribution is 2.20. The lowest BCUT2D eigenvalue weighted by atomic mass is 10.1. The van der Waals surface area contributed by atoms with Crippen LogP contribution < -0.4 is 5.43 Å². The van der Waals surface area contributed by atoms with Crippen LogP contribution in [0, 0.1) is 5.82 Å². The van der Waals surface area contributed by atoms with Crippen LogP contribution in [-0.4, -0.2) is 11.6 Å². The first-order chi connectivity index (χ1) is 9.97. The molecule has 0 saturated heterocycles. The predicted molar refractivity (Wildman–Crippen MR) is 82.5 cm³/mol. The summed E-state index contributed by atoms with van der Waals surface area (Å²) in [6.07, 6.45) is 0. The van der Waals surface area contributed by atoms with Crippen LogP contribution in [-0.2, 0) is 0 Å². The van der Waals surface area contributed by atoms with Crippen molar-refractivity contribution < 1.29 is 9.18 Å². The summed E-state index contributed by atoms with van der Waals surface area (Å²) in [4.78, 5) is 12.0. The predicted octanol–water partition coefficient (Wildman–Crippen LogP) is 4.29. The molecule has 0 bridgehead atoms. The molecule has 2 aromatic carbocycles. The van der Waals surface area contributed by atoms with Gasteiger partial charge in [0.15, 0.2) is 0 Å². The number of carbonyl (C=O) groups is 1. The number of nitrogens with one attached hydrogen (secondary N) is 1. The summed E-state index contributed by atoms with van der Waals surface area (Å²) in [5.41, 5.74) is 3.93. The van der Waals surface area contributed by atoms with E-state index in [1.165, 1.54) is 24.3 Å². The van der Waals surface area contributed by atoms with E-state index >= 15 is 0 Å². The maximum absolute atomic E-state index is 12.8. The van der Waals surface area contributed by atoms with Crippen molar-refractivity contribution in [3.05, 3.63) is 69.5 Å². The molecule has 108 valence electrons. The molecule has 0 heterocycles. The molecule has 0 unspecified atom stereocenters. The Bertz CT molecular complexity index is 699. The Morgan fingerprint density at radius 1 is 1.14 bits per heavy atom. The van der Waals surface area contributed by atoms with Gasteiger partial charge in [-0.15, -0.1) is 0 Å². The van der Waals surface area contributed by atoms with Gasteiger partial charge in [-0.25, -0.2) is 9.82 Å². The minimum absolute atomic E-state index is 0.245. The molecule has 0 fully saturated rings. The highest BCUT2D eigenvalue weighted by molar-refractivity contribution is 6.36. The van der Waals surface area contributed by atoms with E-state index < -0.39 is 5.91 Å². The average Bonchev–Trinajstić information content (AvgIpc) is 2.45. The van der Waals surface area contributed by atoms with Crippen LogP contribution in [0.3, 0.4) is 0 Å². The summed E-state index contributed by atoms with van der Waals surface area (Å²) in [5.74, 6) is -0.776. The fourth-order valence-corrected chi connectivity index (χ4v) is 2.12. The van der Waals surface area contributed by atoms with Gasteiger partial charge in [0.1, 0.15) is 5.82 Å². The minimum Gasteiger partial charge on any atom is -0.267 e. The first kappa shape index (κ1) is 15.5. The SMILES string of the molecule is C/C(=N/NC(=O)c1ccc(Cl)cc1Cl)c1ccc(F)cc1. The lowest BCUT2D eigenvalue weighted by molar-refractivity contribution is 0.0955. The fraction of sp³-hybridized carbons (Fsp3) is 0.0667. The zero-order valence-corrected chi connectivity index (χ0v) is 12.5. The molecule has 3 nitrogen and oxygen atoms in total. The van der Waals surface area contributed by atoms with Crippen LogP contribution >= 0.6 is 23.2 Å². The largest absolute Gasteiger partial charge is 0.272 e. The maximum Gasteiger partial charge on any atom is 0.272 e. The van der Waals surface area contributed by atoms with Gasteiger partial charge in [-0.05, 0) is 42.8 Å². The molecule has 0 atom stereocenters. The molecule has 0 aliphatic carbocycles. The fourth-order valence-electron chi connectivity index (χ4n) is 1.62. The summed E-state index contributed by atoms with van der Waals surface area (Å²) in [7, 11) is 0. The van der Waals surface area contributed by atoms with Gasteiger partial charge < -0.3 is 0 Å². The molecule has 1 amide bonds. The van der Waals surface area contributed by atoms with Crippen LogP contribution in [0.25, 0.3) is 0 Å². The quantitative estimate of drug-likeness (QED) is 0.664. The average molecular weight is 325 g/mol. The van der Waals surface area contributed by atoms with Crippen molar-refractivity contribution in [2.45, 2.75) is 6.92 Å². The highest BCUT2D eigenvalue weighted by atomic mass is 35.5. The van der Waals surface area contributed by atoms with Crippen molar-refractivity contribution in [2.24, 2.45) is 5.10 Å². The lowest BCUT2D eigenvalue weighted by Crippen LogP contribution is -2.19. The van der Waals surface area contributed by atoms with E-state index in [0.29, 0.717) is 16.3 Å². The van der Waals surface area contributed by atoms with Gasteiger partial charge in [0.05, 0.1) is 16.3 Å². The van der Waals surface area contributed by atoms with Crippen molar-refractivity contribution >= 4 is 34.8 Å². The van der Waals surface area contributed by atoms with Gasteiger partial charge in [-0.1, -0.05) is 35.3 Å². The van der Waals surface area contributed by atoms with Crippen molar-refractivity contribution in [3.8, 4) is 0 Å². The van der Waals surface area contributed by atoms with E-state index in [-0.39, 0.29) is 16.4 Å². The number of amides is 1. The molecule has 0 aliphatic heterocycles. The smallest absolute Gasteiger partial charge is 0.267 e. The number of hydrogen-bond donors (Lipinski definition) is 1. The highest BCUT2D eigenvalue weighted by Gasteiger charge is 2.10. The molecule has 0 aromatic heterocycles. The van der Waals surface area contributed by atoms with Gasteiger partial charge in [-0.2, -0.15) is 5.10 Å². The number of hydrogen-bond acceptors (Lipinski definition) is 2. The van der Waals surface area contributed by atoms with Gasteiger partial charge in [0, 0.05) is 5.02 Å². The Labute approximate surface area is 131 Å². The van der Waals surface area contributed by atoms with Gasteiger partial charge in [0.2, 0.25) is 0 Å². The number of halogens is 3. The van der Waals surface area contributed by atoms with Crippen molar-refractivity contribution in [1.29, 1.82) is 0 Å². The van der Waals surface area contributed by atoms with Crippen molar-refractivity contribution in [1.82, 2.24) is 5.43 Å². The lowest BCUT2D eigenvalue weighted by Gasteiger charge is -2.05. The third-order valence-corrected chi connectivity index (χ3v) is 3.31. The Kier molecular flexibility index (Phi) is 4.94. The second-order valence-electron chi connectivity index (χ2n) is 4.27. The molecule has 6 heteroatoms. The Balaban J connectivity index is 2.12.